The van der Waals surface area contributed by atoms with Gasteiger partial charge in [-0.2, -0.15) is 0 Å². The number of quaternary nitrogens is 1. The average molecular weight is 630 g/mol. The largest absolute Gasteiger partial charge is 1.00 e. The first-order chi connectivity index (χ1) is 19.3. The van der Waals surface area contributed by atoms with Crippen LogP contribution < -0.4 is 27.3 Å². The number of hydrogen-bond acceptors (Lipinski definition) is 4. The normalized spacial score (nSPS) is 11.5. The Balaban J connectivity index is 0.00000588. The van der Waals surface area contributed by atoms with Crippen molar-refractivity contribution in [2.75, 3.05) is 38.6 Å². The summed E-state index contributed by atoms with van der Waals surface area (Å²) < 4.78 is 7.00. The summed E-state index contributed by atoms with van der Waals surface area (Å²) >= 11 is 0. The Hall–Kier alpha value is -2.31. The fourth-order valence-corrected chi connectivity index (χ4v) is 5.49. The van der Waals surface area contributed by atoms with Crippen molar-refractivity contribution in [2.24, 2.45) is 0 Å². The lowest BCUT2D eigenvalue weighted by Gasteiger charge is -2.30. The van der Waals surface area contributed by atoms with Crippen LogP contribution in [0.1, 0.15) is 97.0 Å². The van der Waals surface area contributed by atoms with Crippen LogP contribution in [0.4, 0.5) is 5.69 Å². The van der Waals surface area contributed by atoms with Crippen molar-refractivity contribution >= 4 is 16.7 Å². The van der Waals surface area contributed by atoms with E-state index in [2.05, 4.69) is 58.0 Å². The van der Waals surface area contributed by atoms with E-state index in [0.29, 0.717) is 16.5 Å². The standard InChI is InChI=1S/C35H52N2O3.BrH/c1-6-9-12-13-14-15-16-25-37(4,5)27-28-17-22-32-31(26-28)33(38)34(39)35(40-32)29-18-20-30(21-19-29)36(23-10-7-2)24-11-8-3;/h17-22,26H,6-16,23-25,27H2,1-5H3;1H. The number of rotatable bonds is 18. The van der Waals surface area contributed by atoms with Gasteiger partial charge < -0.3 is 35.9 Å². The molecule has 228 valence electrons. The molecule has 0 saturated carbocycles. The number of hydrogen-bond donors (Lipinski definition) is 1. The number of benzene rings is 2. The smallest absolute Gasteiger partial charge is 0.235 e. The van der Waals surface area contributed by atoms with E-state index >= 15 is 0 Å². The minimum absolute atomic E-state index is 0. The summed E-state index contributed by atoms with van der Waals surface area (Å²) in [6.07, 6.45) is 13.8. The van der Waals surface area contributed by atoms with Crippen molar-refractivity contribution in [3.8, 4) is 17.1 Å². The highest BCUT2D eigenvalue weighted by molar-refractivity contribution is 5.82. The van der Waals surface area contributed by atoms with Crippen LogP contribution in [0.2, 0.25) is 0 Å². The van der Waals surface area contributed by atoms with Crippen LogP contribution in [-0.4, -0.2) is 43.3 Å². The second kappa shape index (κ2) is 17.6. The summed E-state index contributed by atoms with van der Waals surface area (Å²) in [6.45, 7) is 10.7. The number of fused-ring (bicyclic) bond motifs is 1. The Bertz CT molecular complexity index is 1230. The number of nitrogens with zero attached hydrogens (tertiary/aromatic N) is 2. The quantitative estimate of drug-likeness (QED) is 0.141. The molecule has 6 heteroatoms. The van der Waals surface area contributed by atoms with E-state index in [9.17, 15) is 9.90 Å². The van der Waals surface area contributed by atoms with E-state index in [-0.39, 0.29) is 33.9 Å². The lowest BCUT2D eigenvalue weighted by molar-refractivity contribution is -0.903. The minimum Gasteiger partial charge on any atom is -1.00 e. The topological polar surface area (TPSA) is 53.7 Å². The number of halogens is 1. The highest BCUT2D eigenvalue weighted by atomic mass is 79.9. The minimum atomic E-state index is -0.368. The maximum absolute atomic E-state index is 13.2. The van der Waals surface area contributed by atoms with Crippen LogP contribution in [0.3, 0.4) is 0 Å². The van der Waals surface area contributed by atoms with Gasteiger partial charge >= 0.3 is 0 Å². The van der Waals surface area contributed by atoms with E-state index < -0.39 is 0 Å². The summed E-state index contributed by atoms with van der Waals surface area (Å²) in [6, 6.07) is 13.9. The highest BCUT2D eigenvalue weighted by Crippen LogP contribution is 2.32. The Kier molecular flexibility index (Phi) is 15.0. The maximum atomic E-state index is 13.2. The van der Waals surface area contributed by atoms with E-state index in [1.54, 1.807) is 0 Å². The third-order valence-corrected chi connectivity index (χ3v) is 7.97. The summed E-state index contributed by atoms with van der Waals surface area (Å²) in [5, 5.41) is 11.3. The molecular formula is C35H53BrN2O3. The van der Waals surface area contributed by atoms with E-state index in [0.717, 1.165) is 67.6 Å². The molecule has 0 aliphatic carbocycles. The van der Waals surface area contributed by atoms with Crippen molar-refractivity contribution in [1.29, 1.82) is 0 Å². The van der Waals surface area contributed by atoms with Gasteiger partial charge in [-0.15, -0.1) is 0 Å². The van der Waals surface area contributed by atoms with Crippen LogP contribution >= 0.6 is 0 Å². The van der Waals surface area contributed by atoms with Gasteiger partial charge in [-0.3, -0.25) is 4.79 Å². The summed E-state index contributed by atoms with van der Waals surface area (Å²) in [4.78, 5) is 15.7. The number of aromatic hydroxyl groups is 1. The first-order valence-electron chi connectivity index (χ1n) is 15.8. The predicted octanol–water partition coefficient (Wildman–Crippen LogP) is 5.90. The van der Waals surface area contributed by atoms with E-state index in [1.807, 2.05) is 24.3 Å². The molecule has 1 N–H and O–H groups in total. The number of anilines is 1. The molecule has 2 aromatic carbocycles. The molecule has 0 aliphatic heterocycles. The summed E-state index contributed by atoms with van der Waals surface area (Å²) in [5.41, 5.74) is 3.10. The fourth-order valence-electron chi connectivity index (χ4n) is 5.49. The summed E-state index contributed by atoms with van der Waals surface area (Å²) in [5.74, 6) is -0.0800. The van der Waals surface area contributed by atoms with Crippen LogP contribution in [0.25, 0.3) is 22.3 Å². The van der Waals surface area contributed by atoms with Gasteiger partial charge in [0.05, 0.1) is 26.0 Å². The van der Waals surface area contributed by atoms with Gasteiger partial charge in [0, 0.05) is 29.9 Å². The van der Waals surface area contributed by atoms with E-state index in [1.165, 1.54) is 44.9 Å². The van der Waals surface area contributed by atoms with Gasteiger partial charge in [0.25, 0.3) is 0 Å². The molecule has 0 aliphatic rings. The van der Waals surface area contributed by atoms with Gasteiger partial charge in [0.2, 0.25) is 11.2 Å². The first kappa shape index (κ1) is 34.9. The number of unbranched alkanes of at least 4 members (excludes halogenated alkanes) is 8. The van der Waals surface area contributed by atoms with Crippen molar-refractivity contribution in [3.05, 3.63) is 58.3 Å². The maximum Gasteiger partial charge on any atom is 0.235 e. The highest BCUT2D eigenvalue weighted by Gasteiger charge is 2.19. The van der Waals surface area contributed by atoms with Gasteiger partial charge in [0.1, 0.15) is 12.1 Å². The van der Waals surface area contributed by atoms with Crippen LogP contribution in [0, 0.1) is 0 Å². The second-order valence-electron chi connectivity index (χ2n) is 12.1. The van der Waals surface area contributed by atoms with Crippen LogP contribution in [0.15, 0.2) is 51.7 Å². The summed E-state index contributed by atoms with van der Waals surface area (Å²) in [7, 11) is 4.50. The molecule has 0 saturated heterocycles. The lowest BCUT2D eigenvalue weighted by atomic mass is 10.1. The zero-order chi connectivity index (χ0) is 29.0. The molecule has 0 amide bonds. The van der Waals surface area contributed by atoms with Crippen molar-refractivity contribution in [2.45, 2.75) is 97.9 Å². The van der Waals surface area contributed by atoms with Gasteiger partial charge in [0.15, 0.2) is 5.76 Å². The molecule has 0 atom stereocenters. The molecule has 0 radical (unpaired) electrons. The zero-order valence-electron chi connectivity index (χ0n) is 26.2. The molecular weight excluding hydrogens is 576 g/mol. The molecule has 0 bridgehead atoms. The molecule has 1 aromatic heterocycles. The second-order valence-corrected chi connectivity index (χ2v) is 12.1. The van der Waals surface area contributed by atoms with Crippen molar-refractivity contribution < 1.29 is 31.0 Å². The molecule has 0 unspecified atom stereocenters. The van der Waals surface area contributed by atoms with Gasteiger partial charge in [-0.1, -0.05) is 65.7 Å². The Morgan fingerprint density at radius 3 is 1.98 bits per heavy atom. The third-order valence-electron chi connectivity index (χ3n) is 7.97. The molecule has 3 rings (SSSR count). The SMILES string of the molecule is CCCCCCCCC[N+](C)(C)Cc1ccc2oc(-c3ccc(N(CCCC)CCCC)cc3)c(O)c(=O)c2c1.[Br-]. The van der Waals surface area contributed by atoms with Gasteiger partial charge in [-0.05, 0) is 68.1 Å². The van der Waals surface area contributed by atoms with Crippen molar-refractivity contribution in [1.82, 2.24) is 0 Å². The lowest BCUT2D eigenvalue weighted by Crippen LogP contribution is -3.00. The average Bonchev–Trinajstić information content (AvgIpc) is 2.95. The Morgan fingerprint density at radius 1 is 0.780 bits per heavy atom. The molecule has 0 spiro atoms. The Morgan fingerprint density at radius 2 is 1.37 bits per heavy atom. The molecule has 5 nitrogen and oxygen atoms in total. The molecule has 3 aromatic rings. The first-order valence-corrected chi connectivity index (χ1v) is 15.8. The monoisotopic (exact) mass is 628 g/mol. The predicted molar refractivity (Wildman–Crippen MR) is 170 cm³/mol. The molecule has 1 heterocycles. The van der Waals surface area contributed by atoms with Gasteiger partial charge in [-0.25, -0.2) is 0 Å². The molecule has 41 heavy (non-hydrogen) atoms. The van der Waals surface area contributed by atoms with Crippen LogP contribution in [0.5, 0.6) is 5.75 Å². The van der Waals surface area contributed by atoms with Crippen molar-refractivity contribution in [3.63, 3.8) is 0 Å². The fraction of sp³-hybridized carbons (Fsp3) is 0.571. The molecule has 0 fully saturated rings. The van der Waals surface area contributed by atoms with Crippen LogP contribution in [-0.2, 0) is 6.54 Å². The Labute approximate surface area is 258 Å². The zero-order valence-corrected chi connectivity index (χ0v) is 27.8. The third kappa shape index (κ3) is 10.5. The van der Waals surface area contributed by atoms with E-state index in [4.69, 9.17) is 4.42 Å².